The van der Waals surface area contributed by atoms with Gasteiger partial charge in [0.1, 0.15) is 24.1 Å². The summed E-state index contributed by atoms with van der Waals surface area (Å²) < 4.78 is 11.9. The molecule has 4 aromatic rings. The minimum atomic E-state index is -0.386. The number of rotatable bonds is 9. The number of hydrogen-bond donors (Lipinski definition) is 2. The highest BCUT2D eigenvalue weighted by Gasteiger charge is 2.49. The number of anilines is 2. The highest BCUT2D eigenvalue weighted by atomic mass is 16.5. The predicted molar refractivity (Wildman–Crippen MR) is 170 cm³/mol. The van der Waals surface area contributed by atoms with Crippen LogP contribution in [0.25, 0.3) is 10.9 Å². The highest BCUT2D eigenvalue weighted by Crippen LogP contribution is 2.46. The van der Waals surface area contributed by atoms with Gasteiger partial charge in [-0.2, -0.15) is 0 Å². The number of fused-ring (bicyclic) bond motifs is 1. The number of amides is 1. The van der Waals surface area contributed by atoms with Gasteiger partial charge in [0.05, 0.1) is 23.7 Å². The van der Waals surface area contributed by atoms with Gasteiger partial charge in [-0.25, -0.2) is 4.98 Å². The standard InChI is InChI=1S/C33H35N5O3.CH2O.2H2/c39-31(37-25-4-2-1-3-5-25)33(11-12-33)21-36-30-9-7-26(19-35-30)41-29-10-15-34-28-18-24(6-8-27(28)29)20-38-16-13-32(22-38)14-17-40-23-32;1-2;;/h1-10,15,18-19H,11-14,16-17,20-23H2,(H,35,36)(H,37,39);1H2;2*1H. The van der Waals surface area contributed by atoms with Gasteiger partial charge in [-0.15, -0.1) is 0 Å². The Morgan fingerprint density at radius 3 is 2.63 bits per heavy atom. The quantitative estimate of drug-likeness (QED) is 0.241. The third-order valence-corrected chi connectivity index (χ3v) is 8.81. The Balaban J connectivity index is 0.00000113. The number of benzene rings is 2. The van der Waals surface area contributed by atoms with Crippen molar-refractivity contribution in [2.75, 3.05) is 43.5 Å². The second-order valence-electron chi connectivity index (χ2n) is 11.9. The van der Waals surface area contributed by atoms with E-state index in [0.717, 1.165) is 68.0 Å². The third kappa shape index (κ3) is 6.53. The first kappa shape index (κ1) is 28.8. The van der Waals surface area contributed by atoms with Gasteiger partial charge >= 0.3 is 0 Å². The number of para-hydroxylation sites is 1. The molecule has 2 aromatic carbocycles. The molecule has 1 atom stereocenters. The minimum Gasteiger partial charge on any atom is -0.455 e. The summed E-state index contributed by atoms with van der Waals surface area (Å²) in [5.74, 6) is 2.17. The van der Waals surface area contributed by atoms with Crippen molar-refractivity contribution < 1.29 is 21.9 Å². The zero-order chi connectivity index (χ0) is 29.7. The summed E-state index contributed by atoms with van der Waals surface area (Å²) in [7, 11) is 0. The fourth-order valence-corrected chi connectivity index (χ4v) is 6.10. The van der Waals surface area contributed by atoms with Crippen LogP contribution >= 0.6 is 0 Å². The van der Waals surface area contributed by atoms with E-state index in [1.165, 1.54) is 18.4 Å². The molecule has 2 aliphatic heterocycles. The molecular weight excluding hydrogens is 542 g/mol. The summed E-state index contributed by atoms with van der Waals surface area (Å²) in [4.78, 5) is 32.5. The molecule has 1 spiro atoms. The van der Waals surface area contributed by atoms with Crippen molar-refractivity contribution in [3.63, 3.8) is 0 Å². The molecule has 2 N–H and O–H groups in total. The number of carbonyl (C=O) groups excluding carboxylic acids is 2. The van der Waals surface area contributed by atoms with Crippen LogP contribution in [0.15, 0.2) is 79.1 Å². The second-order valence-corrected chi connectivity index (χ2v) is 11.9. The van der Waals surface area contributed by atoms with Crippen molar-refractivity contribution in [3.8, 4) is 11.5 Å². The molecule has 1 saturated carbocycles. The van der Waals surface area contributed by atoms with Gasteiger partial charge in [0.25, 0.3) is 0 Å². The normalized spacial score (nSPS) is 20.4. The van der Waals surface area contributed by atoms with E-state index in [1.807, 2.05) is 55.3 Å². The SMILES string of the molecule is C=O.O=C(Nc1ccccc1)C1(CNc2ccc(Oc3ccnc4cc(CN5CCC6(CCOC6)C5)ccc34)cn2)CC1.[HH].[HH]. The van der Waals surface area contributed by atoms with E-state index in [4.69, 9.17) is 14.3 Å². The molecule has 3 fully saturated rings. The molecular formula is C34H41N5O4. The fraction of sp³-hybridized carbons (Fsp3) is 0.353. The summed E-state index contributed by atoms with van der Waals surface area (Å²) in [6.45, 7) is 7.52. The molecule has 9 heteroatoms. The number of aromatic nitrogens is 2. The maximum atomic E-state index is 12.8. The van der Waals surface area contributed by atoms with E-state index in [-0.39, 0.29) is 14.2 Å². The van der Waals surface area contributed by atoms with Crippen molar-refractivity contribution in [2.45, 2.75) is 32.2 Å². The summed E-state index contributed by atoms with van der Waals surface area (Å²) in [6.07, 6.45) is 7.64. The fourth-order valence-electron chi connectivity index (χ4n) is 6.10. The lowest BCUT2D eigenvalue weighted by Gasteiger charge is -2.22. The van der Waals surface area contributed by atoms with Crippen molar-refractivity contribution >= 4 is 35.1 Å². The van der Waals surface area contributed by atoms with E-state index in [2.05, 4.69) is 43.7 Å². The maximum Gasteiger partial charge on any atom is 0.232 e. The first-order chi connectivity index (χ1) is 21.1. The highest BCUT2D eigenvalue weighted by molar-refractivity contribution is 5.97. The number of nitrogens with one attached hydrogen (secondary N) is 2. The van der Waals surface area contributed by atoms with E-state index >= 15 is 0 Å². The zero-order valence-corrected chi connectivity index (χ0v) is 24.3. The van der Waals surface area contributed by atoms with E-state index < -0.39 is 0 Å². The third-order valence-electron chi connectivity index (χ3n) is 8.81. The Morgan fingerprint density at radius 2 is 1.88 bits per heavy atom. The summed E-state index contributed by atoms with van der Waals surface area (Å²) in [5, 5.41) is 7.34. The number of carbonyl (C=O) groups is 2. The lowest BCUT2D eigenvalue weighted by Crippen LogP contribution is -2.30. The average Bonchev–Trinajstić information content (AvgIpc) is 3.54. The van der Waals surface area contributed by atoms with Gasteiger partial charge in [0.15, 0.2) is 0 Å². The van der Waals surface area contributed by atoms with Gasteiger partial charge < -0.3 is 24.9 Å². The molecule has 2 aromatic heterocycles. The minimum absolute atomic E-state index is 0. The smallest absolute Gasteiger partial charge is 0.232 e. The Bertz CT molecular complexity index is 1560. The van der Waals surface area contributed by atoms with Crippen LogP contribution in [0.3, 0.4) is 0 Å². The number of nitrogens with zero attached hydrogens (tertiary/aromatic N) is 3. The Hall–Kier alpha value is -4.34. The summed E-state index contributed by atoms with van der Waals surface area (Å²) >= 11 is 0. The molecule has 9 nitrogen and oxygen atoms in total. The zero-order valence-electron chi connectivity index (χ0n) is 24.3. The molecule has 1 amide bonds. The van der Waals surface area contributed by atoms with Gasteiger partial charge in [0, 0.05) is 51.8 Å². The Labute approximate surface area is 254 Å². The van der Waals surface area contributed by atoms with Crippen LogP contribution in [0.4, 0.5) is 11.5 Å². The molecule has 1 unspecified atom stereocenters. The molecule has 0 bridgehead atoms. The lowest BCUT2D eigenvalue weighted by molar-refractivity contribution is -0.120. The van der Waals surface area contributed by atoms with Crippen LogP contribution < -0.4 is 15.4 Å². The summed E-state index contributed by atoms with van der Waals surface area (Å²) in [6, 6.07) is 21.7. The number of hydrogen-bond acceptors (Lipinski definition) is 8. The molecule has 3 aliphatic rings. The molecule has 4 heterocycles. The average molecular weight is 584 g/mol. The predicted octanol–water partition coefficient (Wildman–Crippen LogP) is 6.17. The molecule has 226 valence electrons. The monoisotopic (exact) mass is 583 g/mol. The van der Waals surface area contributed by atoms with Crippen LogP contribution in [-0.4, -0.2) is 60.4 Å². The summed E-state index contributed by atoms with van der Waals surface area (Å²) in [5.41, 5.74) is 2.99. The van der Waals surface area contributed by atoms with Crippen molar-refractivity contribution in [1.82, 2.24) is 14.9 Å². The molecule has 0 radical (unpaired) electrons. The molecule has 43 heavy (non-hydrogen) atoms. The van der Waals surface area contributed by atoms with Crippen LogP contribution in [-0.2, 0) is 20.9 Å². The Kier molecular flexibility index (Phi) is 8.35. The number of ether oxygens (including phenoxy) is 2. The van der Waals surface area contributed by atoms with Crippen LogP contribution in [0.1, 0.15) is 34.1 Å². The van der Waals surface area contributed by atoms with Crippen molar-refractivity contribution in [1.29, 1.82) is 0 Å². The molecule has 7 rings (SSSR count). The van der Waals surface area contributed by atoms with Gasteiger partial charge in [-0.1, -0.05) is 24.3 Å². The van der Waals surface area contributed by atoms with Crippen molar-refractivity contribution in [2.24, 2.45) is 10.8 Å². The largest absolute Gasteiger partial charge is 0.455 e. The first-order valence-electron chi connectivity index (χ1n) is 14.8. The van der Waals surface area contributed by atoms with Crippen LogP contribution in [0.5, 0.6) is 11.5 Å². The van der Waals surface area contributed by atoms with Crippen LogP contribution in [0, 0.1) is 10.8 Å². The van der Waals surface area contributed by atoms with Crippen molar-refractivity contribution in [3.05, 3.63) is 84.7 Å². The topological polar surface area (TPSA) is 106 Å². The van der Waals surface area contributed by atoms with E-state index in [0.29, 0.717) is 23.5 Å². The van der Waals surface area contributed by atoms with Gasteiger partial charge in [-0.3, -0.25) is 14.7 Å². The van der Waals surface area contributed by atoms with E-state index in [1.54, 1.807) is 12.4 Å². The molecule has 2 saturated heterocycles. The second kappa shape index (κ2) is 12.5. The van der Waals surface area contributed by atoms with Crippen LogP contribution in [0.2, 0.25) is 0 Å². The maximum absolute atomic E-state index is 12.8. The first-order valence-corrected chi connectivity index (χ1v) is 14.8. The van der Waals surface area contributed by atoms with E-state index in [9.17, 15) is 4.79 Å². The lowest BCUT2D eigenvalue weighted by atomic mass is 9.87. The number of pyridine rings is 2. The molecule has 1 aliphatic carbocycles. The van der Waals surface area contributed by atoms with Gasteiger partial charge in [0.2, 0.25) is 5.91 Å². The Morgan fingerprint density at radius 1 is 1.02 bits per heavy atom. The number of likely N-dealkylation sites (tertiary alicyclic amines) is 1. The van der Waals surface area contributed by atoms with Gasteiger partial charge in [-0.05, 0) is 80.3 Å².